The summed E-state index contributed by atoms with van der Waals surface area (Å²) in [5.41, 5.74) is 0.345. The van der Waals surface area contributed by atoms with Crippen LogP contribution in [-0.2, 0) is 9.47 Å². The van der Waals surface area contributed by atoms with Crippen LogP contribution in [0.25, 0.3) is 0 Å². The molecule has 124 valence electrons. The Morgan fingerprint density at radius 3 is 2.59 bits per heavy atom. The first-order valence-corrected chi connectivity index (χ1v) is 7.36. The maximum Gasteiger partial charge on any atom is 0.338 e. The number of alkyl halides is 1. The van der Waals surface area contributed by atoms with Crippen LogP contribution in [-0.4, -0.2) is 54.4 Å². The molecule has 1 aromatic carbocycles. The van der Waals surface area contributed by atoms with Crippen LogP contribution in [0.4, 0.5) is 4.39 Å². The molecule has 2 N–H and O–H groups in total. The third-order valence-electron chi connectivity index (χ3n) is 3.11. The second-order valence-electron chi connectivity index (χ2n) is 4.92. The van der Waals surface area contributed by atoms with Crippen LogP contribution >= 0.6 is 0 Å². The molecular formula is C16H23FO5. The van der Waals surface area contributed by atoms with Crippen molar-refractivity contribution >= 4 is 5.97 Å². The maximum absolute atomic E-state index is 13.6. The predicted octanol–water partition coefficient (Wildman–Crippen LogP) is 1.72. The lowest BCUT2D eigenvalue weighted by Gasteiger charge is -2.25. The summed E-state index contributed by atoms with van der Waals surface area (Å²) in [6, 6.07) is 8.30. The molecule has 1 unspecified atom stereocenters. The summed E-state index contributed by atoms with van der Waals surface area (Å²) in [4.78, 5) is 11.8. The van der Waals surface area contributed by atoms with Gasteiger partial charge >= 0.3 is 5.97 Å². The van der Waals surface area contributed by atoms with Crippen LogP contribution in [0.5, 0.6) is 0 Å². The number of aliphatic hydroxyl groups is 2. The Bertz CT molecular complexity index is 426. The van der Waals surface area contributed by atoms with E-state index < -0.39 is 37.6 Å². The van der Waals surface area contributed by atoms with E-state index in [0.717, 1.165) is 6.42 Å². The molecule has 0 spiro atoms. The molecule has 0 aliphatic heterocycles. The quantitative estimate of drug-likeness (QED) is 0.508. The molecule has 0 fully saturated rings. The third-order valence-corrected chi connectivity index (χ3v) is 3.11. The predicted molar refractivity (Wildman–Crippen MR) is 79.4 cm³/mol. The van der Waals surface area contributed by atoms with Gasteiger partial charge in [0.05, 0.1) is 12.2 Å². The number of rotatable bonds is 10. The monoisotopic (exact) mass is 314 g/mol. The molecule has 0 amide bonds. The summed E-state index contributed by atoms with van der Waals surface area (Å²) in [6.45, 7) is 1.06. The topological polar surface area (TPSA) is 76.0 Å². The van der Waals surface area contributed by atoms with Crippen molar-refractivity contribution in [2.45, 2.75) is 38.1 Å². The minimum atomic E-state index is -1.73. The average Bonchev–Trinajstić information content (AvgIpc) is 2.56. The number of hydrogen-bond acceptors (Lipinski definition) is 5. The number of carbonyl (C=O) groups excluding carboxylic acids is 1. The van der Waals surface area contributed by atoms with Gasteiger partial charge in [-0.15, -0.1) is 0 Å². The smallest absolute Gasteiger partial charge is 0.338 e. The van der Waals surface area contributed by atoms with E-state index in [0.29, 0.717) is 12.0 Å². The summed E-state index contributed by atoms with van der Waals surface area (Å²) in [5, 5.41) is 18.8. The van der Waals surface area contributed by atoms with E-state index in [9.17, 15) is 14.3 Å². The van der Waals surface area contributed by atoms with Crippen molar-refractivity contribution in [3.05, 3.63) is 35.9 Å². The van der Waals surface area contributed by atoms with Crippen LogP contribution in [0.1, 0.15) is 30.1 Å². The van der Waals surface area contributed by atoms with Gasteiger partial charge in [0.1, 0.15) is 18.8 Å². The number of esters is 1. The molecule has 0 aliphatic carbocycles. The molecule has 0 saturated heterocycles. The average molecular weight is 314 g/mol. The first-order chi connectivity index (χ1) is 10.6. The molecule has 0 heterocycles. The van der Waals surface area contributed by atoms with Gasteiger partial charge in [0.15, 0.2) is 6.17 Å². The Labute approximate surface area is 129 Å². The standard InChI is InChI=1S/C16H23FO5/c1-2-3-9-21-15(13(17)10-18)14(19)11-22-16(20)12-7-5-4-6-8-12/h4-8,13-15,18-19H,2-3,9-11H2,1H3/t13-,14?,15-/m0/s1. The van der Waals surface area contributed by atoms with Gasteiger partial charge < -0.3 is 19.7 Å². The zero-order valence-electron chi connectivity index (χ0n) is 12.7. The van der Waals surface area contributed by atoms with E-state index in [4.69, 9.17) is 14.6 Å². The van der Waals surface area contributed by atoms with Gasteiger partial charge in [0.25, 0.3) is 0 Å². The SMILES string of the molecule is CCCCO[C@H](C(O)COC(=O)c1ccccc1)[C@@H](F)CO. The number of ether oxygens (including phenoxy) is 2. The Morgan fingerprint density at radius 2 is 2.00 bits per heavy atom. The van der Waals surface area contributed by atoms with Gasteiger partial charge in [0.2, 0.25) is 0 Å². The molecule has 0 aromatic heterocycles. The number of hydrogen-bond donors (Lipinski definition) is 2. The summed E-state index contributed by atoms with van der Waals surface area (Å²) >= 11 is 0. The van der Waals surface area contributed by atoms with Crippen molar-refractivity contribution in [2.24, 2.45) is 0 Å². The minimum absolute atomic E-state index is 0.269. The summed E-state index contributed by atoms with van der Waals surface area (Å²) in [6.07, 6.45) is -2.72. The van der Waals surface area contributed by atoms with Crippen molar-refractivity contribution in [3.8, 4) is 0 Å². The van der Waals surface area contributed by atoms with Gasteiger partial charge in [-0.1, -0.05) is 31.5 Å². The van der Waals surface area contributed by atoms with E-state index >= 15 is 0 Å². The number of carbonyl (C=O) groups is 1. The van der Waals surface area contributed by atoms with Gasteiger partial charge in [-0.25, -0.2) is 9.18 Å². The van der Waals surface area contributed by atoms with Crippen LogP contribution in [0.2, 0.25) is 0 Å². The summed E-state index contributed by atoms with van der Waals surface area (Å²) in [5.74, 6) is -0.605. The Balaban J connectivity index is 2.51. The molecular weight excluding hydrogens is 291 g/mol. The normalized spacial score (nSPS) is 15.1. The highest BCUT2D eigenvalue weighted by atomic mass is 19.1. The molecule has 6 heteroatoms. The molecule has 0 radical (unpaired) electrons. The Hall–Kier alpha value is -1.50. The molecule has 0 bridgehead atoms. The lowest BCUT2D eigenvalue weighted by atomic mass is 10.1. The van der Waals surface area contributed by atoms with E-state index in [1.165, 1.54) is 0 Å². The maximum atomic E-state index is 13.6. The molecule has 0 aliphatic rings. The second-order valence-corrected chi connectivity index (χ2v) is 4.92. The number of halogens is 1. The van der Waals surface area contributed by atoms with Crippen molar-refractivity contribution in [2.75, 3.05) is 19.8 Å². The van der Waals surface area contributed by atoms with E-state index in [2.05, 4.69) is 0 Å². The van der Waals surface area contributed by atoms with Crippen molar-refractivity contribution < 1.29 is 28.9 Å². The fourth-order valence-electron chi connectivity index (χ4n) is 1.84. The van der Waals surface area contributed by atoms with Gasteiger partial charge in [0, 0.05) is 6.61 Å². The first kappa shape index (κ1) is 18.5. The Kier molecular flexibility index (Phi) is 8.65. The fourth-order valence-corrected chi connectivity index (χ4v) is 1.84. The summed E-state index contributed by atoms with van der Waals surface area (Å²) in [7, 11) is 0. The van der Waals surface area contributed by atoms with Crippen molar-refractivity contribution in [3.63, 3.8) is 0 Å². The molecule has 3 atom stereocenters. The van der Waals surface area contributed by atoms with Crippen LogP contribution in [0, 0.1) is 0 Å². The molecule has 0 saturated carbocycles. The van der Waals surface area contributed by atoms with E-state index in [1.54, 1.807) is 30.3 Å². The molecule has 1 rings (SSSR count). The number of benzene rings is 1. The van der Waals surface area contributed by atoms with Crippen LogP contribution < -0.4 is 0 Å². The van der Waals surface area contributed by atoms with Gasteiger partial charge in [-0.05, 0) is 18.6 Å². The Morgan fingerprint density at radius 1 is 1.32 bits per heavy atom. The number of unbranched alkanes of at least 4 members (excludes halogenated alkanes) is 1. The van der Waals surface area contributed by atoms with E-state index in [1.807, 2.05) is 6.92 Å². The fraction of sp³-hybridized carbons (Fsp3) is 0.562. The highest BCUT2D eigenvalue weighted by molar-refractivity contribution is 5.89. The van der Waals surface area contributed by atoms with Gasteiger partial charge in [-0.3, -0.25) is 0 Å². The molecule has 1 aromatic rings. The minimum Gasteiger partial charge on any atom is -0.459 e. The molecule has 5 nitrogen and oxygen atoms in total. The van der Waals surface area contributed by atoms with Crippen LogP contribution in [0.15, 0.2) is 30.3 Å². The van der Waals surface area contributed by atoms with Crippen molar-refractivity contribution in [1.29, 1.82) is 0 Å². The zero-order chi connectivity index (χ0) is 16.4. The first-order valence-electron chi connectivity index (χ1n) is 7.36. The second kappa shape index (κ2) is 10.3. The highest BCUT2D eigenvalue weighted by Gasteiger charge is 2.30. The van der Waals surface area contributed by atoms with E-state index in [-0.39, 0.29) is 6.61 Å². The highest BCUT2D eigenvalue weighted by Crippen LogP contribution is 2.12. The summed E-state index contributed by atoms with van der Waals surface area (Å²) < 4.78 is 23.9. The third kappa shape index (κ3) is 6.09. The lowest BCUT2D eigenvalue weighted by Crippen LogP contribution is -2.42. The zero-order valence-corrected chi connectivity index (χ0v) is 12.7. The lowest BCUT2D eigenvalue weighted by molar-refractivity contribution is -0.103. The largest absolute Gasteiger partial charge is 0.459 e. The number of aliphatic hydroxyl groups excluding tert-OH is 2. The van der Waals surface area contributed by atoms with Crippen molar-refractivity contribution in [1.82, 2.24) is 0 Å². The van der Waals surface area contributed by atoms with Gasteiger partial charge in [-0.2, -0.15) is 0 Å². The molecule has 22 heavy (non-hydrogen) atoms. The van der Waals surface area contributed by atoms with Crippen LogP contribution in [0.3, 0.4) is 0 Å².